The van der Waals surface area contributed by atoms with Crippen LogP contribution in [0, 0.1) is 16.7 Å². The van der Waals surface area contributed by atoms with Gasteiger partial charge in [-0.3, -0.25) is 0 Å². The third-order valence-electron chi connectivity index (χ3n) is 3.45. The van der Waals surface area contributed by atoms with Gasteiger partial charge in [0.25, 0.3) is 0 Å². The summed E-state index contributed by atoms with van der Waals surface area (Å²) < 4.78 is 0. The minimum atomic E-state index is -0.161. The highest BCUT2D eigenvalue weighted by molar-refractivity contribution is 5.24. The number of nitriles is 1. The Morgan fingerprint density at radius 3 is 2.60 bits per heavy atom. The lowest BCUT2D eigenvalue weighted by molar-refractivity contribution is 0.0750. The van der Waals surface area contributed by atoms with E-state index in [1.165, 1.54) is 12.0 Å². The molecule has 0 amide bonds. The molecule has 1 aromatic heterocycles. The van der Waals surface area contributed by atoms with Crippen molar-refractivity contribution in [3.8, 4) is 6.07 Å². The van der Waals surface area contributed by atoms with Crippen molar-refractivity contribution >= 4 is 0 Å². The summed E-state index contributed by atoms with van der Waals surface area (Å²) in [5.41, 5.74) is 1.06. The van der Waals surface area contributed by atoms with Crippen LogP contribution >= 0.6 is 0 Å². The van der Waals surface area contributed by atoms with Gasteiger partial charge in [-0.05, 0) is 38.6 Å². The van der Waals surface area contributed by atoms with Gasteiger partial charge in [0.05, 0.1) is 17.5 Å². The third-order valence-corrected chi connectivity index (χ3v) is 3.45. The molecule has 0 saturated heterocycles. The quantitative estimate of drug-likeness (QED) is 0.819. The molecule has 1 N–H and O–H groups in total. The van der Waals surface area contributed by atoms with Crippen LogP contribution in [-0.4, -0.2) is 24.0 Å². The predicted octanol–water partition coefficient (Wildman–Crippen LogP) is 2.31. The summed E-state index contributed by atoms with van der Waals surface area (Å²) in [5.74, 6) is 0. The summed E-state index contributed by atoms with van der Waals surface area (Å²) in [6.07, 6.45) is 7.16. The number of aromatic nitrogens is 1. The molecule has 0 radical (unpaired) electrons. The van der Waals surface area contributed by atoms with Crippen LogP contribution in [0.4, 0.5) is 0 Å². The second-order valence-electron chi connectivity index (χ2n) is 4.63. The minimum absolute atomic E-state index is 0.161. The Morgan fingerprint density at radius 2 is 2.27 bits per heavy atom. The molecule has 0 spiro atoms. The zero-order valence-electron chi connectivity index (χ0n) is 9.33. The van der Waals surface area contributed by atoms with Gasteiger partial charge in [-0.1, -0.05) is 6.42 Å². The van der Waals surface area contributed by atoms with Gasteiger partial charge in [0.15, 0.2) is 0 Å². The molecule has 1 unspecified atom stereocenters. The van der Waals surface area contributed by atoms with Crippen LogP contribution in [0.1, 0.15) is 30.9 Å². The Labute approximate surface area is 90.7 Å². The van der Waals surface area contributed by atoms with Crippen molar-refractivity contribution in [2.45, 2.75) is 25.3 Å². The van der Waals surface area contributed by atoms with Crippen molar-refractivity contribution in [3.05, 3.63) is 24.0 Å². The van der Waals surface area contributed by atoms with Crippen LogP contribution in [0.25, 0.3) is 0 Å². The largest absolute Gasteiger partial charge is 0.367 e. The van der Waals surface area contributed by atoms with Crippen LogP contribution < -0.4 is 0 Å². The van der Waals surface area contributed by atoms with E-state index in [2.05, 4.69) is 36.1 Å². The lowest BCUT2D eigenvalue weighted by atomic mass is 9.63. The lowest BCUT2D eigenvalue weighted by Gasteiger charge is -2.44. The van der Waals surface area contributed by atoms with E-state index < -0.39 is 0 Å². The average Bonchev–Trinajstić information content (AvgIpc) is 2.62. The predicted molar refractivity (Wildman–Crippen MR) is 59.1 cm³/mol. The first-order valence-electron chi connectivity index (χ1n) is 5.40. The standard InChI is InChI=1S/C12H17N3/c1-15(2)11(10-4-7-14-8-10)12(9-13)5-3-6-12/h4,7-8,11,14H,3,5-6H2,1-2H3. The topological polar surface area (TPSA) is 42.8 Å². The number of hydrogen-bond donors (Lipinski definition) is 1. The molecular formula is C12H17N3. The minimum Gasteiger partial charge on any atom is -0.367 e. The molecule has 0 aromatic carbocycles. The average molecular weight is 203 g/mol. The van der Waals surface area contributed by atoms with E-state index in [1.54, 1.807) is 0 Å². The van der Waals surface area contributed by atoms with Crippen LogP contribution in [0.5, 0.6) is 0 Å². The zero-order chi connectivity index (χ0) is 10.9. The number of nitrogens with one attached hydrogen (secondary N) is 1. The number of aromatic amines is 1. The molecular weight excluding hydrogens is 186 g/mol. The Balaban J connectivity index is 2.32. The van der Waals surface area contributed by atoms with Crippen LogP contribution in [0.3, 0.4) is 0 Å². The second-order valence-corrected chi connectivity index (χ2v) is 4.63. The maximum absolute atomic E-state index is 9.37. The first kappa shape index (κ1) is 10.3. The van der Waals surface area contributed by atoms with Crippen LogP contribution in [0.2, 0.25) is 0 Å². The van der Waals surface area contributed by atoms with Crippen molar-refractivity contribution in [2.75, 3.05) is 14.1 Å². The second kappa shape index (κ2) is 3.71. The van der Waals surface area contributed by atoms with Crippen molar-refractivity contribution < 1.29 is 0 Å². The lowest BCUT2D eigenvalue weighted by Crippen LogP contribution is -2.41. The van der Waals surface area contributed by atoms with E-state index in [0.717, 1.165) is 12.8 Å². The molecule has 1 aliphatic rings. The number of H-pyrrole nitrogens is 1. The van der Waals surface area contributed by atoms with Gasteiger partial charge in [0.1, 0.15) is 0 Å². The fraction of sp³-hybridized carbons (Fsp3) is 0.583. The van der Waals surface area contributed by atoms with Crippen molar-refractivity contribution in [2.24, 2.45) is 5.41 Å². The number of hydrogen-bond acceptors (Lipinski definition) is 2. The van der Waals surface area contributed by atoms with Gasteiger partial charge in [0, 0.05) is 12.4 Å². The molecule has 1 fully saturated rings. The number of rotatable bonds is 3. The van der Waals surface area contributed by atoms with E-state index in [4.69, 9.17) is 0 Å². The van der Waals surface area contributed by atoms with Gasteiger partial charge in [-0.2, -0.15) is 5.26 Å². The molecule has 15 heavy (non-hydrogen) atoms. The zero-order valence-corrected chi connectivity index (χ0v) is 9.33. The molecule has 1 aromatic rings. The molecule has 3 heteroatoms. The van der Waals surface area contributed by atoms with Gasteiger partial charge in [0.2, 0.25) is 0 Å². The summed E-state index contributed by atoms with van der Waals surface area (Å²) in [4.78, 5) is 5.23. The van der Waals surface area contributed by atoms with E-state index in [9.17, 15) is 5.26 Å². The summed E-state index contributed by atoms with van der Waals surface area (Å²) in [6, 6.07) is 4.83. The Bertz CT molecular complexity index is 355. The Morgan fingerprint density at radius 1 is 1.53 bits per heavy atom. The monoisotopic (exact) mass is 203 g/mol. The molecule has 0 bridgehead atoms. The highest BCUT2D eigenvalue weighted by Crippen LogP contribution is 2.51. The number of nitrogens with zero attached hydrogens (tertiary/aromatic N) is 2. The summed E-state index contributed by atoms with van der Waals surface area (Å²) in [6.45, 7) is 0. The van der Waals surface area contributed by atoms with Crippen LogP contribution in [-0.2, 0) is 0 Å². The first-order valence-corrected chi connectivity index (χ1v) is 5.40. The molecule has 1 aliphatic carbocycles. The molecule has 3 nitrogen and oxygen atoms in total. The van der Waals surface area contributed by atoms with Crippen molar-refractivity contribution in [3.63, 3.8) is 0 Å². The smallest absolute Gasteiger partial charge is 0.0770 e. The van der Waals surface area contributed by atoms with Gasteiger partial charge < -0.3 is 9.88 Å². The van der Waals surface area contributed by atoms with Gasteiger partial charge in [-0.25, -0.2) is 0 Å². The molecule has 80 valence electrons. The Kier molecular flexibility index (Phi) is 2.54. The summed E-state index contributed by atoms with van der Waals surface area (Å²) in [5, 5.41) is 9.37. The maximum atomic E-state index is 9.37. The fourth-order valence-electron chi connectivity index (χ4n) is 2.62. The molecule has 0 aliphatic heterocycles. The first-order chi connectivity index (χ1) is 7.19. The summed E-state index contributed by atoms with van der Waals surface area (Å²) in [7, 11) is 4.10. The van der Waals surface area contributed by atoms with Gasteiger partial charge in [-0.15, -0.1) is 0 Å². The highest BCUT2D eigenvalue weighted by Gasteiger charge is 2.46. The van der Waals surface area contributed by atoms with E-state index in [0.29, 0.717) is 0 Å². The van der Waals surface area contributed by atoms with Crippen molar-refractivity contribution in [1.82, 2.24) is 9.88 Å². The maximum Gasteiger partial charge on any atom is 0.0770 e. The molecule has 2 rings (SSSR count). The van der Waals surface area contributed by atoms with Crippen molar-refractivity contribution in [1.29, 1.82) is 5.26 Å². The van der Waals surface area contributed by atoms with Crippen LogP contribution in [0.15, 0.2) is 18.5 Å². The normalized spacial score (nSPS) is 20.7. The summed E-state index contributed by atoms with van der Waals surface area (Å²) >= 11 is 0. The van der Waals surface area contributed by atoms with E-state index in [1.807, 2.05) is 12.4 Å². The van der Waals surface area contributed by atoms with E-state index >= 15 is 0 Å². The van der Waals surface area contributed by atoms with E-state index in [-0.39, 0.29) is 11.5 Å². The Hall–Kier alpha value is -1.27. The molecule has 1 saturated carbocycles. The molecule has 1 atom stereocenters. The molecule has 1 heterocycles. The highest BCUT2D eigenvalue weighted by atomic mass is 15.1. The van der Waals surface area contributed by atoms with Gasteiger partial charge >= 0.3 is 0 Å². The third kappa shape index (κ3) is 1.55. The SMILES string of the molecule is CN(C)C(c1cc[nH]c1)C1(C#N)CCC1. The fourth-order valence-corrected chi connectivity index (χ4v) is 2.62.